The number of carbonyl (C=O) groups excluding carboxylic acids is 1. The zero-order valence-electron chi connectivity index (χ0n) is 12.2. The third-order valence-corrected chi connectivity index (χ3v) is 3.55. The van der Waals surface area contributed by atoms with Crippen molar-refractivity contribution >= 4 is 5.91 Å². The summed E-state index contributed by atoms with van der Waals surface area (Å²) in [4.78, 5) is 11.3. The number of hydrogen-bond acceptors (Lipinski definition) is 3. The van der Waals surface area contributed by atoms with Gasteiger partial charge < -0.3 is 5.73 Å². The van der Waals surface area contributed by atoms with Crippen LogP contribution in [-0.2, 0) is 6.42 Å². The molecule has 0 saturated carbocycles. The number of primary amides is 1. The van der Waals surface area contributed by atoms with Gasteiger partial charge in [-0.05, 0) is 36.2 Å². The number of benzene rings is 2. The molecule has 2 aromatic carbocycles. The number of aromatic nitrogens is 3. The molecule has 3 rings (SSSR count). The van der Waals surface area contributed by atoms with Gasteiger partial charge in [0, 0.05) is 11.1 Å². The predicted octanol–water partition coefficient (Wildman–Crippen LogP) is 2.60. The molecule has 1 heterocycles. The first-order valence-corrected chi connectivity index (χ1v) is 7.09. The summed E-state index contributed by atoms with van der Waals surface area (Å²) in [5, 5.41) is 8.31. The highest BCUT2D eigenvalue weighted by Crippen LogP contribution is 2.19. The largest absolute Gasteiger partial charge is 0.366 e. The molecule has 0 radical (unpaired) electrons. The van der Waals surface area contributed by atoms with Crippen LogP contribution in [0.3, 0.4) is 0 Å². The summed E-state index contributed by atoms with van der Waals surface area (Å²) in [7, 11) is 0. The van der Waals surface area contributed by atoms with Crippen LogP contribution >= 0.6 is 0 Å². The Hall–Kier alpha value is -2.95. The lowest BCUT2D eigenvalue weighted by Crippen LogP contribution is -2.10. The molecule has 1 aromatic heterocycles. The summed E-state index contributed by atoms with van der Waals surface area (Å²) in [6.07, 6.45) is 2.84. The first kappa shape index (κ1) is 14.0. The van der Waals surface area contributed by atoms with Crippen LogP contribution in [0.2, 0.25) is 0 Å². The molecule has 5 heteroatoms. The monoisotopic (exact) mass is 292 g/mol. The topological polar surface area (TPSA) is 73.8 Å². The maximum atomic E-state index is 11.3. The van der Waals surface area contributed by atoms with E-state index in [2.05, 4.69) is 29.4 Å². The van der Waals surface area contributed by atoms with Crippen molar-refractivity contribution < 1.29 is 4.79 Å². The number of rotatable bonds is 4. The minimum absolute atomic E-state index is 0.454. The number of aryl methyl sites for hydroxylation is 1. The highest BCUT2D eigenvalue weighted by Gasteiger charge is 2.08. The summed E-state index contributed by atoms with van der Waals surface area (Å²) in [5.41, 5.74) is 9.49. The van der Waals surface area contributed by atoms with E-state index in [0.29, 0.717) is 11.3 Å². The van der Waals surface area contributed by atoms with E-state index in [0.717, 1.165) is 17.7 Å². The number of nitrogens with two attached hydrogens (primary N) is 1. The average Bonchev–Trinajstić information content (AvgIpc) is 3.05. The van der Waals surface area contributed by atoms with Crippen molar-refractivity contribution in [2.75, 3.05) is 0 Å². The summed E-state index contributed by atoms with van der Waals surface area (Å²) in [6.45, 7) is 2.12. The number of carbonyl (C=O) groups is 1. The van der Waals surface area contributed by atoms with Gasteiger partial charge in [-0.25, -0.2) is 4.68 Å². The molecule has 0 saturated heterocycles. The fourth-order valence-corrected chi connectivity index (χ4v) is 2.24. The van der Waals surface area contributed by atoms with Gasteiger partial charge >= 0.3 is 0 Å². The van der Waals surface area contributed by atoms with Crippen molar-refractivity contribution in [2.24, 2.45) is 5.73 Å². The Morgan fingerprint density at radius 3 is 2.64 bits per heavy atom. The minimum Gasteiger partial charge on any atom is -0.366 e. The lowest BCUT2D eigenvalue weighted by molar-refractivity contribution is 0.100. The van der Waals surface area contributed by atoms with Gasteiger partial charge in [-0.2, -0.15) is 0 Å². The van der Waals surface area contributed by atoms with Gasteiger partial charge in [-0.1, -0.05) is 36.4 Å². The van der Waals surface area contributed by atoms with Crippen molar-refractivity contribution in [3.05, 3.63) is 65.9 Å². The van der Waals surface area contributed by atoms with Crippen LogP contribution in [0, 0.1) is 0 Å². The Morgan fingerprint density at radius 1 is 1.18 bits per heavy atom. The smallest absolute Gasteiger partial charge is 0.248 e. The zero-order valence-corrected chi connectivity index (χ0v) is 12.2. The van der Waals surface area contributed by atoms with E-state index in [1.807, 2.05) is 24.4 Å². The molecule has 22 heavy (non-hydrogen) atoms. The predicted molar refractivity (Wildman–Crippen MR) is 84.7 cm³/mol. The lowest BCUT2D eigenvalue weighted by Gasteiger charge is -2.01. The van der Waals surface area contributed by atoms with Gasteiger partial charge in [0.1, 0.15) is 5.69 Å². The molecule has 0 aliphatic rings. The molecule has 110 valence electrons. The molecule has 2 N–H and O–H groups in total. The van der Waals surface area contributed by atoms with Crippen molar-refractivity contribution in [2.45, 2.75) is 13.3 Å². The number of nitrogens with zero attached hydrogens (tertiary/aromatic N) is 3. The van der Waals surface area contributed by atoms with Crippen LogP contribution < -0.4 is 5.73 Å². The maximum Gasteiger partial charge on any atom is 0.248 e. The fraction of sp³-hybridized carbons (Fsp3) is 0.118. The van der Waals surface area contributed by atoms with Crippen molar-refractivity contribution in [1.82, 2.24) is 15.0 Å². The highest BCUT2D eigenvalue weighted by molar-refractivity contribution is 5.93. The summed E-state index contributed by atoms with van der Waals surface area (Å²) >= 11 is 0. The van der Waals surface area contributed by atoms with Crippen molar-refractivity contribution in [3.63, 3.8) is 0 Å². The van der Waals surface area contributed by atoms with Gasteiger partial charge in [0.2, 0.25) is 5.91 Å². The molecule has 5 nitrogen and oxygen atoms in total. The second kappa shape index (κ2) is 5.81. The van der Waals surface area contributed by atoms with Crippen LogP contribution in [-0.4, -0.2) is 20.9 Å². The van der Waals surface area contributed by atoms with Crippen LogP contribution in [0.4, 0.5) is 0 Å². The first-order valence-electron chi connectivity index (χ1n) is 7.09. The standard InChI is InChI=1S/C17H16N4O/c1-2-12-6-8-15(9-7-12)21-11-16(19-20-21)13-4-3-5-14(10-13)17(18)22/h3-11H,2H2,1H3,(H2,18,22). The summed E-state index contributed by atoms with van der Waals surface area (Å²) < 4.78 is 1.71. The van der Waals surface area contributed by atoms with E-state index in [-0.39, 0.29) is 0 Å². The third-order valence-electron chi connectivity index (χ3n) is 3.55. The molecule has 0 aliphatic carbocycles. The van der Waals surface area contributed by atoms with E-state index in [9.17, 15) is 4.79 Å². The van der Waals surface area contributed by atoms with Crippen LogP contribution in [0.15, 0.2) is 54.7 Å². The molecule has 0 atom stereocenters. The number of amides is 1. The zero-order chi connectivity index (χ0) is 15.5. The first-order chi connectivity index (χ1) is 10.7. The Labute approximate surface area is 128 Å². The van der Waals surface area contributed by atoms with E-state index < -0.39 is 5.91 Å². The van der Waals surface area contributed by atoms with E-state index in [1.54, 1.807) is 22.9 Å². The van der Waals surface area contributed by atoms with Gasteiger partial charge in [0.05, 0.1) is 11.9 Å². The molecule has 1 amide bonds. The van der Waals surface area contributed by atoms with Gasteiger partial charge in [0.15, 0.2) is 0 Å². The van der Waals surface area contributed by atoms with E-state index in [1.165, 1.54) is 5.56 Å². The quantitative estimate of drug-likeness (QED) is 0.803. The average molecular weight is 292 g/mol. The number of hydrogen-bond donors (Lipinski definition) is 1. The van der Waals surface area contributed by atoms with E-state index >= 15 is 0 Å². The molecule has 0 fully saturated rings. The molecule has 3 aromatic rings. The summed E-state index contributed by atoms with van der Waals surface area (Å²) in [6, 6.07) is 15.2. The van der Waals surface area contributed by atoms with Gasteiger partial charge in [-0.3, -0.25) is 4.79 Å². The second-order valence-electron chi connectivity index (χ2n) is 5.01. The van der Waals surface area contributed by atoms with E-state index in [4.69, 9.17) is 5.73 Å². The Kier molecular flexibility index (Phi) is 3.70. The maximum absolute atomic E-state index is 11.3. The lowest BCUT2D eigenvalue weighted by atomic mass is 10.1. The Balaban J connectivity index is 1.93. The minimum atomic E-state index is -0.454. The molecule has 0 spiro atoms. The highest BCUT2D eigenvalue weighted by atomic mass is 16.1. The Bertz CT molecular complexity index is 806. The van der Waals surface area contributed by atoms with Crippen LogP contribution in [0.5, 0.6) is 0 Å². The molecule has 0 aliphatic heterocycles. The molecule has 0 bridgehead atoms. The van der Waals surface area contributed by atoms with Crippen molar-refractivity contribution in [3.8, 4) is 16.9 Å². The SMILES string of the molecule is CCc1ccc(-n2cc(-c3cccc(C(N)=O)c3)nn2)cc1. The van der Waals surface area contributed by atoms with Gasteiger partial charge in [-0.15, -0.1) is 5.10 Å². The normalized spacial score (nSPS) is 10.6. The third kappa shape index (κ3) is 2.74. The Morgan fingerprint density at radius 2 is 1.95 bits per heavy atom. The molecule has 0 unspecified atom stereocenters. The van der Waals surface area contributed by atoms with Crippen LogP contribution in [0.25, 0.3) is 16.9 Å². The molecular weight excluding hydrogens is 276 g/mol. The van der Waals surface area contributed by atoms with Crippen molar-refractivity contribution in [1.29, 1.82) is 0 Å². The van der Waals surface area contributed by atoms with Gasteiger partial charge in [0.25, 0.3) is 0 Å². The fourth-order valence-electron chi connectivity index (χ4n) is 2.24. The second-order valence-corrected chi connectivity index (χ2v) is 5.01. The van der Waals surface area contributed by atoms with Crippen LogP contribution in [0.1, 0.15) is 22.8 Å². The summed E-state index contributed by atoms with van der Waals surface area (Å²) in [5.74, 6) is -0.454. The molecular formula is C17H16N4O.